The Hall–Kier alpha value is -4.11. The number of terminal acetylenes is 1. The van der Waals surface area contributed by atoms with Crippen molar-refractivity contribution in [3.05, 3.63) is 59.0 Å². The van der Waals surface area contributed by atoms with Gasteiger partial charge in [-0.2, -0.15) is 4.98 Å². The number of hydrogen-bond donors (Lipinski definition) is 5. The number of halogens is 2. The molecule has 1 amide bonds. The van der Waals surface area contributed by atoms with Crippen molar-refractivity contribution in [2.24, 2.45) is 0 Å². The van der Waals surface area contributed by atoms with Crippen LogP contribution in [0, 0.1) is 18.2 Å². The lowest BCUT2D eigenvalue weighted by Gasteiger charge is -2.29. The monoisotopic (exact) mass is 540 g/mol. The van der Waals surface area contributed by atoms with E-state index >= 15 is 0 Å². The van der Waals surface area contributed by atoms with Crippen LogP contribution in [-0.4, -0.2) is 64.5 Å². The highest BCUT2D eigenvalue weighted by Gasteiger charge is 2.34. The molecule has 1 aliphatic rings. The lowest BCUT2D eigenvalue weighted by atomic mass is 10.1. The molecule has 1 atom stereocenters. The van der Waals surface area contributed by atoms with Crippen LogP contribution < -0.4 is 25.6 Å². The van der Waals surface area contributed by atoms with Gasteiger partial charge in [0.15, 0.2) is 5.82 Å². The second-order valence-corrected chi connectivity index (χ2v) is 8.96. The number of ether oxygens (including phenoxy) is 1. The highest BCUT2D eigenvalue weighted by Crippen LogP contribution is 2.36. The Bertz CT molecular complexity index is 1380. The van der Waals surface area contributed by atoms with E-state index < -0.39 is 23.9 Å². The summed E-state index contributed by atoms with van der Waals surface area (Å²) in [5, 5.41) is 28.7. The van der Waals surface area contributed by atoms with Gasteiger partial charge in [-0.15, -0.1) is 6.42 Å². The minimum absolute atomic E-state index is 0.0162. The number of nitrogens with zero attached hydrogens (tertiary/aromatic N) is 3. The summed E-state index contributed by atoms with van der Waals surface area (Å²) in [5.41, 5.74) is -0.175. The van der Waals surface area contributed by atoms with E-state index in [9.17, 15) is 19.4 Å². The van der Waals surface area contributed by atoms with Gasteiger partial charge in [0.25, 0.3) is 5.91 Å². The predicted octanol–water partition coefficient (Wildman–Crippen LogP) is 3.06. The molecule has 38 heavy (non-hydrogen) atoms. The number of likely N-dealkylation sites (N-methyl/N-ethyl adjacent to an activating group) is 1. The first-order valence-electron chi connectivity index (χ1n) is 11.7. The first kappa shape index (κ1) is 26.9. The zero-order valence-electron chi connectivity index (χ0n) is 20.5. The molecule has 3 aromatic rings. The zero-order chi connectivity index (χ0) is 27.3. The quantitative estimate of drug-likeness (QED) is 0.273. The molecule has 0 aliphatic carbocycles. The van der Waals surface area contributed by atoms with E-state index in [-0.39, 0.29) is 47.7 Å². The van der Waals surface area contributed by atoms with Gasteiger partial charge in [-0.05, 0) is 37.3 Å². The third-order valence-electron chi connectivity index (χ3n) is 5.81. The SMILES string of the molecule is C#CCNC(=O)c1cccc(F)c1Nc1nc(Nc2ccc3c(c2)N(CC)CC(O)(CO)CO3)ncc1Cl. The number of rotatable bonds is 8. The smallest absolute Gasteiger partial charge is 0.254 e. The topological polar surface area (TPSA) is 132 Å². The Balaban J connectivity index is 1.60. The number of anilines is 5. The fourth-order valence-corrected chi connectivity index (χ4v) is 4.01. The lowest BCUT2D eigenvalue weighted by molar-refractivity contribution is -0.0374. The van der Waals surface area contributed by atoms with Crippen molar-refractivity contribution in [3.63, 3.8) is 0 Å². The molecule has 4 rings (SSSR count). The summed E-state index contributed by atoms with van der Waals surface area (Å²) < 4.78 is 20.4. The number of β-amino-alcohol motifs (C(OH)–C–C–N with tert-alkyl or cyclic N) is 1. The molecule has 1 unspecified atom stereocenters. The van der Waals surface area contributed by atoms with Gasteiger partial charge in [-0.25, -0.2) is 9.37 Å². The van der Waals surface area contributed by atoms with Gasteiger partial charge in [-0.3, -0.25) is 4.79 Å². The fraction of sp³-hybridized carbons (Fsp3) is 0.269. The number of fused-ring (bicyclic) bond motifs is 1. The maximum absolute atomic E-state index is 14.7. The van der Waals surface area contributed by atoms with Crippen molar-refractivity contribution in [2.45, 2.75) is 12.5 Å². The van der Waals surface area contributed by atoms with Gasteiger partial charge in [0.1, 0.15) is 28.8 Å². The largest absolute Gasteiger partial charge is 0.488 e. The number of aromatic nitrogens is 2. The minimum Gasteiger partial charge on any atom is -0.488 e. The fourth-order valence-electron chi connectivity index (χ4n) is 3.87. The maximum Gasteiger partial charge on any atom is 0.254 e. The summed E-state index contributed by atoms with van der Waals surface area (Å²) in [6.45, 7) is 2.17. The number of para-hydroxylation sites is 1. The first-order chi connectivity index (χ1) is 18.3. The summed E-state index contributed by atoms with van der Waals surface area (Å²) in [6.07, 6.45) is 6.54. The summed E-state index contributed by atoms with van der Waals surface area (Å²) in [4.78, 5) is 22.9. The number of carbonyl (C=O) groups excluding carboxylic acids is 1. The molecular formula is C26H26ClFN6O4. The van der Waals surface area contributed by atoms with Crippen LogP contribution >= 0.6 is 11.6 Å². The average Bonchev–Trinajstić information content (AvgIpc) is 3.06. The molecule has 1 aromatic heterocycles. The molecule has 0 radical (unpaired) electrons. The predicted molar refractivity (Wildman–Crippen MR) is 143 cm³/mol. The zero-order valence-corrected chi connectivity index (χ0v) is 21.2. The van der Waals surface area contributed by atoms with E-state index in [0.717, 1.165) is 0 Å². The van der Waals surface area contributed by atoms with Crippen LogP contribution in [-0.2, 0) is 0 Å². The van der Waals surface area contributed by atoms with Crippen molar-refractivity contribution >= 4 is 46.3 Å². The minimum atomic E-state index is -1.40. The molecule has 2 heterocycles. The van der Waals surface area contributed by atoms with E-state index in [4.69, 9.17) is 22.8 Å². The molecule has 0 fully saturated rings. The maximum atomic E-state index is 14.7. The number of benzene rings is 2. The molecular weight excluding hydrogens is 515 g/mol. The van der Waals surface area contributed by atoms with E-state index in [1.165, 1.54) is 24.4 Å². The van der Waals surface area contributed by atoms with Crippen LogP contribution in [0.25, 0.3) is 0 Å². The third kappa shape index (κ3) is 5.89. The van der Waals surface area contributed by atoms with Crippen LogP contribution in [0.5, 0.6) is 5.75 Å². The standard InChI is InChI=1S/C26H26ClFN6O4/c1-3-10-29-24(36)17-6-5-7-19(28)22(17)32-23-18(27)12-30-25(33-23)31-16-8-9-21-20(11-16)34(4-2)13-26(37,14-35)15-38-21/h1,5-9,11-12,35,37H,4,10,13-15H2,2H3,(H,29,36)(H2,30,31,32,33). The highest BCUT2D eigenvalue weighted by atomic mass is 35.5. The van der Waals surface area contributed by atoms with Crippen LogP contribution in [0.1, 0.15) is 17.3 Å². The van der Waals surface area contributed by atoms with Gasteiger partial charge in [0, 0.05) is 12.2 Å². The molecule has 5 N–H and O–H groups in total. The lowest BCUT2D eigenvalue weighted by Crippen LogP contribution is -2.48. The van der Waals surface area contributed by atoms with E-state index in [1.807, 2.05) is 11.8 Å². The molecule has 12 heteroatoms. The van der Waals surface area contributed by atoms with Crippen molar-refractivity contribution in [1.29, 1.82) is 0 Å². The molecule has 0 spiro atoms. The Morgan fingerprint density at radius 3 is 2.89 bits per heavy atom. The Morgan fingerprint density at radius 1 is 1.34 bits per heavy atom. The van der Waals surface area contributed by atoms with E-state index in [2.05, 4.69) is 31.8 Å². The first-order valence-corrected chi connectivity index (χ1v) is 12.1. The van der Waals surface area contributed by atoms with Crippen molar-refractivity contribution < 1.29 is 24.1 Å². The summed E-state index contributed by atoms with van der Waals surface area (Å²) in [6, 6.07) is 9.33. The molecule has 0 bridgehead atoms. The number of carbonyl (C=O) groups is 1. The van der Waals surface area contributed by atoms with Crippen molar-refractivity contribution in [1.82, 2.24) is 15.3 Å². The van der Waals surface area contributed by atoms with Crippen LogP contribution in [0.15, 0.2) is 42.6 Å². The van der Waals surface area contributed by atoms with Gasteiger partial charge >= 0.3 is 0 Å². The van der Waals surface area contributed by atoms with Gasteiger partial charge in [-0.1, -0.05) is 23.6 Å². The average molecular weight is 541 g/mol. The van der Waals surface area contributed by atoms with Crippen LogP contribution in [0.2, 0.25) is 5.02 Å². The molecule has 2 aromatic carbocycles. The second kappa shape index (κ2) is 11.5. The number of hydrogen-bond acceptors (Lipinski definition) is 9. The van der Waals surface area contributed by atoms with Crippen LogP contribution in [0.4, 0.5) is 33.2 Å². The van der Waals surface area contributed by atoms with E-state index in [1.54, 1.807) is 18.2 Å². The summed E-state index contributed by atoms with van der Waals surface area (Å²) >= 11 is 6.28. The third-order valence-corrected chi connectivity index (χ3v) is 6.09. The summed E-state index contributed by atoms with van der Waals surface area (Å²) in [5.74, 6) is 1.82. The number of aliphatic hydroxyl groups excluding tert-OH is 1. The number of nitrogens with one attached hydrogen (secondary N) is 3. The number of amides is 1. The van der Waals surface area contributed by atoms with Crippen molar-refractivity contribution in [2.75, 3.05) is 48.4 Å². The van der Waals surface area contributed by atoms with Crippen LogP contribution in [0.3, 0.4) is 0 Å². The molecule has 0 saturated heterocycles. The molecule has 0 saturated carbocycles. The molecule has 198 valence electrons. The Kier molecular flexibility index (Phi) is 8.16. The second-order valence-electron chi connectivity index (χ2n) is 8.56. The Morgan fingerprint density at radius 2 is 2.16 bits per heavy atom. The molecule has 10 nitrogen and oxygen atoms in total. The molecule has 1 aliphatic heterocycles. The Labute approximate surface area is 223 Å². The van der Waals surface area contributed by atoms with E-state index in [0.29, 0.717) is 23.7 Å². The normalized spacial score (nSPS) is 16.5. The summed E-state index contributed by atoms with van der Waals surface area (Å²) in [7, 11) is 0. The highest BCUT2D eigenvalue weighted by molar-refractivity contribution is 6.33. The van der Waals surface area contributed by atoms with Crippen molar-refractivity contribution in [3.8, 4) is 18.1 Å². The van der Waals surface area contributed by atoms with Gasteiger partial charge < -0.3 is 35.8 Å². The van der Waals surface area contributed by atoms with Gasteiger partial charge in [0.2, 0.25) is 5.95 Å². The van der Waals surface area contributed by atoms with Gasteiger partial charge in [0.05, 0.1) is 42.8 Å². The number of aliphatic hydroxyl groups is 2.